The van der Waals surface area contributed by atoms with Gasteiger partial charge in [0.1, 0.15) is 6.29 Å². The Morgan fingerprint density at radius 1 is 0.720 bits per heavy atom. The maximum absolute atomic E-state index is 6.19. The van der Waals surface area contributed by atoms with Crippen LogP contribution >= 0.6 is 0 Å². The molecular formula is C22H48O2Si. The summed E-state index contributed by atoms with van der Waals surface area (Å²) in [6.45, 7) is 11.3. The molecule has 0 aromatic rings. The molecule has 3 heteroatoms. The maximum atomic E-state index is 6.19. The van der Waals surface area contributed by atoms with Crippen LogP contribution in [0.2, 0.25) is 11.1 Å². The fraction of sp³-hybridized carbons (Fsp3) is 1.00. The Kier molecular flexibility index (Phi) is 16.4. The Balaban J connectivity index is 3.51. The maximum Gasteiger partial charge on any atom is 0.185 e. The molecule has 0 N–H and O–H groups in total. The number of unbranched alkanes of at least 4 members (excludes halogenated alkanes) is 12. The predicted molar refractivity (Wildman–Crippen MR) is 115 cm³/mol. The van der Waals surface area contributed by atoms with Crippen molar-refractivity contribution >= 4 is 9.04 Å². The number of rotatable bonds is 17. The first-order chi connectivity index (χ1) is 11.9. The van der Waals surface area contributed by atoms with E-state index in [2.05, 4.69) is 27.7 Å². The largest absolute Gasteiger partial charge is 0.395 e. The Labute approximate surface area is 161 Å². The molecule has 0 saturated carbocycles. The van der Waals surface area contributed by atoms with Crippen molar-refractivity contribution in [1.29, 1.82) is 0 Å². The van der Waals surface area contributed by atoms with Crippen molar-refractivity contribution in [3.8, 4) is 0 Å². The molecule has 0 fully saturated rings. The molecule has 0 saturated heterocycles. The normalized spacial score (nSPS) is 14.6. The van der Waals surface area contributed by atoms with E-state index in [1.54, 1.807) is 7.11 Å². The van der Waals surface area contributed by atoms with E-state index in [0.717, 1.165) is 0 Å². The fourth-order valence-electron chi connectivity index (χ4n) is 3.34. The second kappa shape index (κ2) is 16.3. The number of methoxy groups -OCH3 is 1. The first kappa shape index (κ1) is 25.1. The summed E-state index contributed by atoms with van der Waals surface area (Å²) in [5.41, 5.74) is 0. The van der Waals surface area contributed by atoms with E-state index in [4.69, 9.17) is 9.16 Å². The molecule has 152 valence electrons. The van der Waals surface area contributed by atoms with E-state index in [9.17, 15) is 0 Å². The summed E-state index contributed by atoms with van der Waals surface area (Å²) < 4.78 is 11.5. The SMILES string of the molecule is CCCCCCCCCCCCCCC[SiH](OC(C)OC)C(C)(C)C. The second-order valence-corrected chi connectivity index (χ2v) is 12.4. The number of hydrogen-bond acceptors (Lipinski definition) is 2. The van der Waals surface area contributed by atoms with Crippen molar-refractivity contribution < 1.29 is 9.16 Å². The Hall–Kier alpha value is 0.137. The fourth-order valence-corrected chi connectivity index (χ4v) is 5.98. The Morgan fingerprint density at radius 3 is 1.48 bits per heavy atom. The molecule has 2 atom stereocenters. The lowest BCUT2D eigenvalue weighted by Gasteiger charge is -2.31. The smallest absolute Gasteiger partial charge is 0.185 e. The van der Waals surface area contributed by atoms with Crippen LogP contribution in [0.25, 0.3) is 0 Å². The molecule has 0 amide bonds. The van der Waals surface area contributed by atoms with E-state index < -0.39 is 9.04 Å². The van der Waals surface area contributed by atoms with Crippen LogP contribution in [-0.4, -0.2) is 22.4 Å². The Bertz CT molecular complexity index is 276. The van der Waals surface area contributed by atoms with E-state index in [1.165, 1.54) is 89.5 Å². The zero-order valence-corrected chi connectivity index (χ0v) is 19.5. The molecule has 25 heavy (non-hydrogen) atoms. The molecule has 0 rings (SSSR count). The van der Waals surface area contributed by atoms with Crippen LogP contribution in [0.4, 0.5) is 0 Å². The lowest BCUT2D eigenvalue weighted by Crippen LogP contribution is -2.33. The summed E-state index contributed by atoms with van der Waals surface area (Å²) >= 11 is 0. The van der Waals surface area contributed by atoms with Crippen molar-refractivity contribution in [2.45, 2.75) is 135 Å². The minimum atomic E-state index is -1.21. The first-order valence-corrected chi connectivity index (χ1v) is 13.0. The van der Waals surface area contributed by atoms with Crippen LogP contribution in [0.3, 0.4) is 0 Å². The number of ether oxygens (including phenoxy) is 1. The highest BCUT2D eigenvalue weighted by Crippen LogP contribution is 2.32. The molecule has 2 unspecified atom stereocenters. The molecule has 0 bridgehead atoms. The van der Waals surface area contributed by atoms with Crippen molar-refractivity contribution in [3.63, 3.8) is 0 Å². The summed E-state index contributed by atoms with van der Waals surface area (Å²) in [4.78, 5) is 0. The molecule has 0 radical (unpaired) electrons. The van der Waals surface area contributed by atoms with Gasteiger partial charge in [0.05, 0.1) is 0 Å². The molecule has 0 aromatic carbocycles. The molecule has 0 aromatic heterocycles. The van der Waals surface area contributed by atoms with Crippen molar-refractivity contribution in [2.75, 3.05) is 7.11 Å². The zero-order valence-electron chi connectivity index (χ0n) is 18.4. The van der Waals surface area contributed by atoms with E-state index in [-0.39, 0.29) is 6.29 Å². The molecule has 2 nitrogen and oxygen atoms in total. The molecule has 0 aliphatic heterocycles. The van der Waals surface area contributed by atoms with Crippen LogP contribution in [0.15, 0.2) is 0 Å². The van der Waals surface area contributed by atoms with Gasteiger partial charge in [0.2, 0.25) is 0 Å². The van der Waals surface area contributed by atoms with Crippen LogP contribution in [-0.2, 0) is 9.16 Å². The minimum absolute atomic E-state index is 0.0436. The van der Waals surface area contributed by atoms with Gasteiger partial charge in [-0.1, -0.05) is 111 Å². The third-order valence-electron chi connectivity index (χ3n) is 5.22. The van der Waals surface area contributed by atoms with Crippen LogP contribution in [0.1, 0.15) is 118 Å². The summed E-state index contributed by atoms with van der Waals surface area (Å²) in [5, 5.41) is 0.323. The van der Waals surface area contributed by atoms with Crippen LogP contribution in [0.5, 0.6) is 0 Å². The van der Waals surface area contributed by atoms with Crippen molar-refractivity contribution in [3.05, 3.63) is 0 Å². The van der Waals surface area contributed by atoms with Gasteiger partial charge < -0.3 is 9.16 Å². The van der Waals surface area contributed by atoms with Crippen LogP contribution in [0, 0.1) is 0 Å². The van der Waals surface area contributed by atoms with Gasteiger partial charge in [0.15, 0.2) is 9.04 Å². The van der Waals surface area contributed by atoms with Gasteiger partial charge in [-0.15, -0.1) is 0 Å². The predicted octanol–water partition coefficient (Wildman–Crippen LogP) is 7.61. The van der Waals surface area contributed by atoms with Gasteiger partial charge in [0.25, 0.3) is 0 Å². The molecule has 0 aliphatic rings. The van der Waals surface area contributed by atoms with Gasteiger partial charge in [-0.05, 0) is 18.0 Å². The first-order valence-electron chi connectivity index (χ1n) is 11.1. The summed E-state index contributed by atoms with van der Waals surface area (Å²) in [6, 6.07) is 1.29. The van der Waals surface area contributed by atoms with Gasteiger partial charge in [0, 0.05) is 7.11 Å². The summed E-state index contributed by atoms with van der Waals surface area (Å²) in [6.07, 6.45) is 18.4. The molecule has 0 spiro atoms. The standard InChI is InChI=1S/C22H48O2Si/c1-7-8-9-10-11-12-13-14-15-16-17-18-19-20-25(22(3,4)5)24-21(2)23-6/h21,25H,7-20H2,1-6H3. The van der Waals surface area contributed by atoms with Crippen molar-refractivity contribution in [1.82, 2.24) is 0 Å². The van der Waals surface area contributed by atoms with Crippen molar-refractivity contribution in [2.24, 2.45) is 0 Å². The summed E-state index contributed by atoms with van der Waals surface area (Å²) in [7, 11) is 0.531. The van der Waals surface area contributed by atoms with Gasteiger partial charge in [-0.25, -0.2) is 0 Å². The quantitative estimate of drug-likeness (QED) is 0.148. The molecule has 0 aliphatic carbocycles. The lowest BCUT2D eigenvalue weighted by atomic mass is 10.1. The highest BCUT2D eigenvalue weighted by Gasteiger charge is 2.28. The molecular weight excluding hydrogens is 324 g/mol. The highest BCUT2D eigenvalue weighted by atomic mass is 28.3. The van der Waals surface area contributed by atoms with E-state index >= 15 is 0 Å². The summed E-state index contributed by atoms with van der Waals surface area (Å²) in [5.74, 6) is 0. The third kappa shape index (κ3) is 16.1. The average molecular weight is 373 g/mol. The topological polar surface area (TPSA) is 18.5 Å². The van der Waals surface area contributed by atoms with E-state index in [1.807, 2.05) is 6.92 Å². The van der Waals surface area contributed by atoms with E-state index in [0.29, 0.717) is 5.04 Å². The zero-order chi connectivity index (χ0) is 19.0. The lowest BCUT2D eigenvalue weighted by molar-refractivity contribution is -0.0441. The monoisotopic (exact) mass is 372 g/mol. The third-order valence-corrected chi connectivity index (χ3v) is 8.80. The second-order valence-electron chi connectivity index (χ2n) is 8.83. The van der Waals surface area contributed by atoms with Gasteiger partial charge >= 0.3 is 0 Å². The highest BCUT2D eigenvalue weighted by molar-refractivity contribution is 6.55. The average Bonchev–Trinajstić information content (AvgIpc) is 2.56. The van der Waals surface area contributed by atoms with Gasteiger partial charge in [-0.3, -0.25) is 0 Å². The van der Waals surface area contributed by atoms with Gasteiger partial charge in [-0.2, -0.15) is 0 Å². The Morgan fingerprint density at radius 2 is 1.12 bits per heavy atom. The molecule has 0 heterocycles. The minimum Gasteiger partial charge on any atom is -0.395 e. The van der Waals surface area contributed by atoms with Crippen LogP contribution < -0.4 is 0 Å². The number of hydrogen-bond donors (Lipinski definition) is 0.